The van der Waals surface area contributed by atoms with E-state index >= 15 is 0 Å². The largest absolute Gasteiger partial charge is 0.495 e. The Morgan fingerprint density at radius 2 is 1.26 bits per heavy atom. The molecule has 0 unspecified atom stereocenters. The number of ether oxygens (including phenoxy) is 1. The van der Waals surface area contributed by atoms with Gasteiger partial charge in [-0.1, -0.05) is 103 Å². The highest BCUT2D eigenvalue weighted by Gasteiger charge is 2.22. The Morgan fingerprint density at radius 3 is 1.94 bits per heavy atom. The predicted octanol–water partition coefficient (Wildman–Crippen LogP) is 6.47. The van der Waals surface area contributed by atoms with Crippen molar-refractivity contribution in [3.05, 3.63) is 121 Å². The van der Waals surface area contributed by atoms with Crippen molar-refractivity contribution in [3.8, 4) is 5.75 Å². The van der Waals surface area contributed by atoms with E-state index in [9.17, 15) is 4.21 Å². The van der Waals surface area contributed by atoms with Gasteiger partial charge in [-0.05, 0) is 23.6 Å². The van der Waals surface area contributed by atoms with Crippen LogP contribution in [0.4, 0.5) is 5.69 Å². The van der Waals surface area contributed by atoms with Crippen LogP contribution in [-0.4, -0.2) is 11.3 Å². The molecule has 1 atom stereocenters. The molecule has 0 bridgehead atoms. The van der Waals surface area contributed by atoms with E-state index in [4.69, 9.17) is 4.74 Å². The number of nitrogens with one attached hydrogen (secondary N) is 1. The zero-order valence-corrected chi connectivity index (χ0v) is 20.4. The summed E-state index contributed by atoms with van der Waals surface area (Å²) >= 11 is 0. The first kappa shape index (κ1) is 22.3. The highest BCUT2D eigenvalue weighted by Crippen LogP contribution is 2.40. The third kappa shape index (κ3) is 4.48. The molecule has 0 aliphatic rings. The summed E-state index contributed by atoms with van der Waals surface area (Å²) in [5.74, 6) is 0.625. The maximum Gasteiger partial charge on any atom is 0.136 e. The lowest BCUT2D eigenvalue weighted by molar-refractivity contribution is 0.405. The first-order chi connectivity index (χ1) is 16.8. The van der Waals surface area contributed by atoms with Gasteiger partial charge in [0.15, 0.2) is 0 Å². The van der Waals surface area contributed by atoms with Crippen molar-refractivity contribution in [1.82, 2.24) is 0 Å². The zero-order valence-electron chi connectivity index (χ0n) is 18.7. The lowest BCUT2D eigenvalue weighted by Gasteiger charge is -2.23. The minimum absolute atomic E-state index is 0.625. The molecule has 5 rings (SSSR count). The van der Waals surface area contributed by atoms with Gasteiger partial charge in [-0.15, -0.1) is 0 Å². The van der Waals surface area contributed by atoms with E-state index in [2.05, 4.69) is 53.6 Å². The van der Waals surface area contributed by atoms with E-state index in [-0.39, 0.29) is 0 Å². The highest BCUT2D eigenvalue weighted by atomic mass is 32.2. The Labute approximate surface area is 203 Å². The molecule has 0 radical (unpaired) electrons. The fourth-order valence-electron chi connectivity index (χ4n) is 3.96. The Bertz CT molecular complexity index is 1400. The lowest BCUT2D eigenvalue weighted by Crippen LogP contribution is -2.17. The molecule has 5 heteroatoms. The molecular weight excluding hydrogens is 457 g/mol. The number of anilines is 1. The van der Waals surface area contributed by atoms with E-state index in [0.29, 0.717) is 10.6 Å². The molecular formula is C29H24NO2PS. The number of rotatable bonds is 7. The van der Waals surface area contributed by atoms with E-state index in [1.54, 1.807) is 7.11 Å². The van der Waals surface area contributed by atoms with Crippen LogP contribution in [0.3, 0.4) is 0 Å². The summed E-state index contributed by atoms with van der Waals surface area (Å²) in [6, 6.07) is 40.6. The van der Waals surface area contributed by atoms with Crippen molar-refractivity contribution in [1.29, 1.82) is 0 Å². The van der Waals surface area contributed by atoms with E-state index < -0.39 is 18.9 Å². The standard InChI is InChI=1S/C29H24NO2PS/c1-32-27-21-20-22-12-8-9-17-25(22)29(27)34(31)28-19-11-10-18-26(28)30-33(23-13-4-2-5-14-23)24-15-6-3-7-16-24/h2-21,30H,1H3/t34-/m1/s1. The van der Waals surface area contributed by atoms with Gasteiger partial charge in [-0.2, -0.15) is 0 Å². The molecule has 0 saturated heterocycles. The van der Waals surface area contributed by atoms with Crippen molar-refractivity contribution < 1.29 is 8.95 Å². The summed E-state index contributed by atoms with van der Waals surface area (Å²) in [4.78, 5) is 1.43. The minimum atomic E-state index is -1.45. The Kier molecular flexibility index (Phi) is 6.71. The van der Waals surface area contributed by atoms with Crippen LogP contribution in [-0.2, 0) is 10.8 Å². The second-order valence-electron chi connectivity index (χ2n) is 7.70. The molecule has 34 heavy (non-hydrogen) atoms. The number of benzene rings is 5. The van der Waals surface area contributed by atoms with Gasteiger partial charge in [0.05, 0.1) is 41.5 Å². The van der Waals surface area contributed by atoms with Gasteiger partial charge in [0.25, 0.3) is 0 Å². The SMILES string of the molecule is COc1ccc2ccccc2c1[S@](=O)c1ccccc1NP(c1ccccc1)c1ccccc1. The number of hydrogen-bond donors (Lipinski definition) is 1. The molecule has 0 saturated carbocycles. The number of para-hydroxylation sites is 1. The van der Waals surface area contributed by atoms with Gasteiger partial charge in [0.2, 0.25) is 0 Å². The Hall–Kier alpha value is -3.46. The number of methoxy groups -OCH3 is 1. The molecule has 1 N–H and O–H groups in total. The van der Waals surface area contributed by atoms with Gasteiger partial charge in [-0.25, -0.2) is 4.21 Å². The van der Waals surface area contributed by atoms with Gasteiger partial charge in [-0.3, -0.25) is 0 Å². The van der Waals surface area contributed by atoms with E-state index in [1.807, 2.05) is 72.8 Å². The maximum absolute atomic E-state index is 14.1. The smallest absolute Gasteiger partial charge is 0.136 e. The second kappa shape index (κ2) is 10.2. The van der Waals surface area contributed by atoms with Gasteiger partial charge in [0.1, 0.15) is 5.75 Å². The van der Waals surface area contributed by atoms with Crippen LogP contribution >= 0.6 is 8.07 Å². The monoisotopic (exact) mass is 481 g/mol. The number of fused-ring (bicyclic) bond motifs is 1. The Morgan fingerprint density at radius 1 is 0.676 bits per heavy atom. The van der Waals surface area contributed by atoms with Crippen LogP contribution < -0.4 is 20.4 Å². The normalized spacial score (nSPS) is 11.9. The molecule has 3 nitrogen and oxygen atoms in total. The van der Waals surface area contributed by atoms with Crippen molar-refractivity contribution in [2.45, 2.75) is 9.79 Å². The van der Waals surface area contributed by atoms with Crippen molar-refractivity contribution in [2.24, 2.45) is 0 Å². The fraction of sp³-hybridized carbons (Fsp3) is 0.0345. The topological polar surface area (TPSA) is 38.3 Å². The maximum atomic E-state index is 14.1. The summed E-state index contributed by atoms with van der Waals surface area (Å²) in [6.07, 6.45) is 0. The van der Waals surface area contributed by atoms with Crippen LogP contribution in [0.15, 0.2) is 131 Å². The molecule has 5 aromatic carbocycles. The van der Waals surface area contributed by atoms with Gasteiger partial charge >= 0.3 is 0 Å². The quantitative estimate of drug-likeness (QED) is 0.271. The first-order valence-electron chi connectivity index (χ1n) is 11.0. The van der Waals surface area contributed by atoms with Crippen LogP contribution in [0.2, 0.25) is 0 Å². The highest BCUT2D eigenvalue weighted by molar-refractivity contribution is 7.85. The summed E-state index contributed by atoms with van der Waals surface area (Å²) in [5.41, 5.74) is 0.856. The summed E-state index contributed by atoms with van der Waals surface area (Å²) in [7, 11) is -0.725. The average molecular weight is 482 g/mol. The van der Waals surface area contributed by atoms with Gasteiger partial charge in [0, 0.05) is 16.0 Å². The van der Waals surface area contributed by atoms with Crippen molar-refractivity contribution in [2.75, 3.05) is 12.2 Å². The molecule has 0 aliphatic heterocycles. The molecule has 168 valence electrons. The third-order valence-electron chi connectivity index (χ3n) is 5.60. The number of hydrogen-bond acceptors (Lipinski definition) is 3. The van der Waals surface area contributed by atoms with Crippen LogP contribution in [0.5, 0.6) is 5.75 Å². The zero-order chi connectivity index (χ0) is 23.3. The molecule has 0 spiro atoms. The lowest BCUT2D eigenvalue weighted by atomic mass is 10.1. The van der Waals surface area contributed by atoms with Crippen LogP contribution in [0, 0.1) is 0 Å². The summed E-state index contributed by atoms with van der Waals surface area (Å²) < 4.78 is 19.8. The van der Waals surface area contributed by atoms with E-state index in [1.165, 1.54) is 10.6 Å². The van der Waals surface area contributed by atoms with E-state index in [0.717, 1.165) is 21.4 Å². The molecule has 5 aromatic rings. The van der Waals surface area contributed by atoms with Crippen LogP contribution in [0.1, 0.15) is 0 Å². The minimum Gasteiger partial charge on any atom is -0.495 e. The second-order valence-corrected chi connectivity index (χ2v) is 11.0. The summed E-state index contributed by atoms with van der Waals surface area (Å²) in [5, 5.41) is 8.12. The molecule has 0 amide bonds. The van der Waals surface area contributed by atoms with Crippen LogP contribution in [0.25, 0.3) is 10.8 Å². The first-order valence-corrected chi connectivity index (χ1v) is 13.5. The Balaban J connectivity index is 1.61. The molecule has 0 fully saturated rings. The van der Waals surface area contributed by atoms with Crippen molar-refractivity contribution in [3.63, 3.8) is 0 Å². The average Bonchev–Trinajstić information content (AvgIpc) is 2.92. The van der Waals surface area contributed by atoms with Gasteiger partial charge < -0.3 is 9.82 Å². The third-order valence-corrected chi connectivity index (χ3v) is 9.24. The fourth-order valence-corrected chi connectivity index (χ4v) is 7.43. The predicted molar refractivity (Wildman–Crippen MR) is 144 cm³/mol. The molecule has 0 aliphatic carbocycles. The summed E-state index contributed by atoms with van der Waals surface area (Å²) in [6.45, 7) is 0. The molecule has 0 aromatic heterocycles. The van der Waals surface area contributed by atoms with Crippen molar-refractivity contribution >= 4 is 45.9 Å². The molecule has 0 heterocycles.